The molecular formula is C11H11NO4. The number of carbonyl (C=O) groups is 1. The minimum atomic E-state index is -1.00. The Bertz CT molecular complexity index is 441. The number of hydrogen-bond donors (Lipinski definition) is 2. The Hall–Kier alpha value is -2.04. The van der Waals surface area contributed by atoms with Gasteiger partial charge in [-0.1, -0.05) is 12.1 Å². The number of ether oxygens (including phenoxy) is 1. The lowest BCUT2D eigenvalue weighted by atomic mass is 10.1. The zero-order chi connectivity index (χ0) is 11.5. The highest BCUT2D eigenvalue weighted by atomic mass is 16.5. The molecule has 1 aromatic carbocycles. The maximum Gasteiger partial charge on any atom is 0.346 e. The summed E-state index contributed by atoms with van der Waals surface area (Å²) in [7, 11) is 0. The molecule has 0 aromatic heterocycles. The summed E-state index contributed by atoms with van der Waals surface area (Å²) < 4.78 is 5.14. The molecule has 0 aliphatic carbocycles. The number of carboxylic acids is 1. The summed E-state index contributed by atoms with van der Waals surface area (Å²) in [5, 5.41) is 18.0. The molecular weight excluding hydrogens is 210 g/mol. The molecule has 0 radical (unpaired) electrons. The number of benzene rings is 1. The highest BCUT2D eigenvalue weighted by Gasteiger charge is 2.26. The Labute approximate surface area is 92.0 Å². The summed E-state index contributed by atoms with van der Waals surface area (Å²) in [6, 6.07) is 6.70. The van der Waals surface area contributed by atoms with Crippen LogP contribution in [0, 0.1) is 0 Å². The van der Waals surface area contributed by atoms with Gasteiger partial charge in [0.05, 0.1) is 6.54 Å². The van der Waals surface area contributed by atoms with Crippen molar-refractivity contribution in [3.63, 3.8) is 0 Å². The average Bonchev–Trinajstić information content (AvgIpc) is 2.66. The standard InChI is InChI=1S/C11H11NO4/c13-8-3-1-2-7(4-8)5-10-12-6-9(16-10)11(14)15/h1-4,9,13H,5-6H2,(H,14,15). The van der Waals surface area contributed by atoms with E-state index < -0.39 is 12.1 Å². The van der Waals surface area contributed by atoms with Crippen molar-refractivity contribution in [2.24, 2.45) is 4.99 Å². The number of rotatable bonds is 3. The molecule has 1 atom stereocenters. The largest absolute Gasteiger partial charge is 0.508 e. The predicted molar refractivity (Wildman–Crippen MR) is 56.6 cm³/mol. The van der Waals surface area contributed by atoms with Gasteiger partial charge >= 0.3 is 5.97 Å². The molecule has 1 aromatic rings. The zero-order valence-electron chi connectivity index (χ0n) is 8.46. The van der Waals surface area contributed by atoms with E-state index in [4.69, 9.17) is 9.84 Å². The molecule has 1 heterocycles. The molecule has 84 valence electrons. The van der Waals surface area contributed by atoms with Gasteiger partial charge in [0, 0.05) is 6.42 Å². The SMILES string of the molecule is O=C(O)C1CN=C(Cc2cccc(O)c2)O1. The minimum Gasteiger partial charge on any atom is -0.508 e. The Morgan fingerprint density at radius 3 is 3.00 bits per heavy atom. The summed E-state index contributed by atoms with van der Waals surface area (Å²) in [5.41, 5.74) is 0.838. The molecule has 0 saturated heterocycles. The van der Waals surface area contributed by atoms with Crippen LogP contribution in [0.3, 0.4) is 0 Å². The monoisotopic (exact) mass is 221 g/mol. The van der Waals surface area contributed by atoms with E-state index in [-0.39, 0.29) is 12.3 Å². The van der Waals surface area contributed by atoms with Gasteiger partial charge < -0.3 is 14.9 Å². The molecule has 2 N–H and O–H groups in total. The number of nitrogens with zero attached hydrogens (tertiary/aromatic N) is 1. The molecule has 1 aliphatic rings. The van der Waals surface area contributed by atoms with Gasteiger partial charge in [0.15, 0.2) is 5.90 Å². The van der Waals surface area contributed by atoms with Crippen LogP contribution >= 0.6 is 0 Å². The predicted octanol–water partition coefficient (Wildman–Crippen LogP) is 0.817. The molecule has 0 spiro atoms. The van der Waals surface area contributed by atoms with Gasteiger partial charge in [-0.05, 0) is 17.7 Å². The smallest absolute Gasteiger partial charge is 0.346 e. The third-order valence-electron chi connectivity index (χ3n) is 2.25. The lowest BCUT2D eigenvalue weighted by molar-refractivity contribution is -0.144. The van der Waals surface area contributed by atoms with Gasteiger partial charge in [0.2, 0.25) is 6.10 Å². The van der Waals surface area contributed by atoms with Crippen LogP contribution in [-0.4, -0.2) is 34.7 Å². The minimum absolute atomic E-state index is 0.156. The van der Waals surface area contributed by atoms with E-state index in [1.807, 2.05) is 6.07 Å². The first-order valence-corrected chi connectivity index (χ1v) is 4.86. The second-order valence-corrected chi connectivity index (χ2v) is 3.53. The zero-order valence-corrected chi connectivity index (χ0v) is 8.46. The quantitative estimate of drug-likeness (QED) is 0.791. The number of phenols is 1. The van der Waals surface area contributed by atoms with E-state index in [1.54, 1.807) is 18.2 Å². The van der Waals surface area contributed by atoms with Gasteiger partial charge in [-0.2, -0.15) is 0 Å². The molecule has 0 fully saturated rings. The van der Waals surface area contributed by atoms with E-state index in [0.717, 1.165) is 5.56 Å². The molecule has 16 heavy (non-hydrogen) atoms. The van der Waals surface area contributed by atoms with Crippen LogP contribution in [0.15, 0.2) is 29.3 Å². The number of carboxylic acid groups (broad SMARTS) is 1. The van der Waals surface area contributed by atoms with Crippen LogP contribution in [0.2, 0.25) is 0 Å². The first-order valence-electron chi connectivity index (χ1n) is 4.86. The average molecular weight is 221 g/mol. The first kappa shape index (κ1) is 10.5. The normalized spacial score (nSPS) is 19.0. The van der Waals surface area contributed by atoms with Crippen LogP contribution < -0.4 is 0 Å². The third kappa shape index (κ3) is 2.31. The van der Waals surface area contributed by atoms with Crippen molar-refractivity contribution in [3.8, 4) is 5.75 Å². The summed E-state index contributed by atoms with van der Waals surface area (Å²) >= 11 is 0. The fourth-order valence-corrected chi connectivity index (χ4v) is 1.49. The molecule has 1 unspecified atom stereocenters. The maximum absolute atomic E-state index is 10.6. The number of aliphatic imine (C=N–C) groups is 1. The van der Waals surface area contributed by atoms with E-state index in [0.29, 0.717) is 12.3 Å². The van der Waals surface area contributed by atoms with Crippen molar-refractivity contribution in [2.45, 2.75) is 12.5 Å². The van der Waals surface area contributed by atoms with Gasteiger partial charge in [0.25, 0.3) is 0 Å². The third-order valence-corrected chi connectivity index (χ3v) is 2.25. The van der Waals surface area contributed by atoms with Crippen molar-refractivity contribution in [3.05, 3.63) is 29.8 Å². The second kappa shape index (κ2) is 4.22. The molecule has 2 rings (SSSR count). The molecule has 0 bridgehead atoms. The van der Waals surface area contributed by atoms with Crippen LogP contribution in [0.1, 0.15) is 5.56 Å². The van der Waals surface area contributed by atoms with Gasteiger partial charge in [-0.3, -0.25) is 4.99 Å². The Morgan fingerprint density at radius 1 is 1.56 bits per heavy atom. The highest BCUT2D eigenvalue weighted by Crippen LogP contribution is 2.14. The summed E-state index contributed by atoms with van der Waals surface area (Å²) in [4.78, 5) is 14.6. The van der Waals surface area contributed by atoms with Crippen LogP contribution in [0.4, 0.5) is 0 Å². The Morgan fingerprint density at radius 2 is 2.38 bits per heavy atom. The van der Waals surface area contributed by atoms with Crippen molar-refractivity contribution < 1.29 is 19.7 Å². The highest BCUT2D eigenvalue weighted by molar-refractivity contribution is 5.85. The van der Waals surface area contributed by atoms with Crippen molar-refractivity contribution in [1.82, 2.24) is 0 Å². The molecule has 5 nitrogen and oxygen atoms in total. The topological polar surface area (TPSA) is 79.1 Å². The molecule has 0 saturated carbocycles. The fourth-order valence-electron chi connectivity index (χ4n) is 1.49. The maximum atomic E-state index is 10.6. The van der Waals surface area contributed by atoms with E-state index >= 15 is 0 Å². The van der Waals surface area contributed by atoms with Gasteiger partial charge in [-0.15, -0.1) is 0 Å². The van der Waals surface area contributed by atoms with Crippen LogP contribution in [0.5, 0.6) is 5.75 Å². The molecule has 1 aliphatic heterocycles. The van der Waals surface area contributed by atoms with Crippen molar-refractivity contribution >= 4 is 11.9 Å². The number of aromatic hydroxyl groups is 1. The van der Waals surface area contributed by atoms with E-state index in [2.05, 4.69) is 4.99 Å². The number of hydrogen-bond acceptors (Lipinski definition) is 4. The van der Waals surface area contributed by atoms with E-state index in [9.17, 15) is 9.90 Å². The molecule has 0 amide bonds. The molecule has 5 heteroatoms. The Kier molecular flexibility index (Phi) is 2.76. The number of phenolic OH excluding ortho intramolecular Hbond substituents is 1. The van der Waals surface area contributed by atoms with Gasteiger partial charge in [-0.25, -0.2) is 4.79 Å². The lowest BCUT2D eigenvalue weighted by Gasteiger charge is -2.06. The van der Waals surface area contributed by atoms with Crippen LogP contribution in [0.25, 0.3) is 0 Å². The lowest BCUT2D eigenvalue weighted by Crippen LogP contribution is -2.24. The van der Waals surface area contributed by atoms with Gasteiger partial charge in [0.1, 0.15) is 5.75 Å². The van der Waals surface area contributed by atoms with Crippen molar-refractivity contribution in [2.75, 3.05) is 6.54 Å². The Balaban J connectivity index is 1.99. The summed E-state index contributed by atoms with van der Waals surface area (Å²) in [5.74, 6) is -0.432. The second-order valence-electron chi connectivity index (χ2n) is 3.53. The van der Waals surface area contributed by atoms with Crippen LogP contribution in [-0.2, 0) is 16.0 Å². The number of aliphatic carboxylic acids is 1. The summed E-state index contributed by atoms with van der Waals surface area (Å²) in [6.07, 6.45) is -0.467. The fraction of sp³-hybridized carbons (Fsp3) is 0.273. The van der Waals surface area contributed by atoms with E-state index in [1.165, 1.54) is 0 Å². The summed E-state index contributed by atoms with van der Waals surface area (Å²) in [6.45, 7) is 0.156. The van der Waals surface area contributed by atoms with Crippen molar-refractivity contribution in [1.29, 1.82) is 0 Å². The first-order chi connectivity index (χ1) is 7.65.